The number of aryl methyl sites for hydroxylation is 2. The van der Waals surface area contributed by atoms with Gasteiger partial charge in [-0.2, -0.15) is 4.98 Å². The van der Waals surface area contributed by atoms with E-state index in [0.29, 0.717) is 29.5 Å². The van der Waals surface area contributed by atoms with Crippen LogP contribution in [-0.2, 0) is 16.0 Å². The summed E-state index contributed by atoms with van der Waals surface area (Å²) in [6.07, 6.45) is 1.12. The molecule has 166 valence electrons. The van der Waals surface area contributed by atoms with Gasteiger partial charge in [0.05, 0.1) is 17.2 Å². The molecule has 1 N–H and O–H groups in total. The average molecular weight is 433 g/mol. The Balaban J connectivity index is 1.53. The highest BCUT2D eigenvalue weighted by molar-refractivity contribution is 6.04. The number of hydrogen-bond acceptors (Lipinski definition) is 5. The van der Waals surface area contributed by atoms with Gasteiger partial charge in [0.2, 0.25) is 11.8 Å². The molecule has 1 saturated heterocycles. The maximum Gasteiger partial charge on any atom is 0.260 e. The van der Waals surface area contributed by atoms with E-state index in [1.54, 1.807) is 4.90 Å². The second-order valence-corrected chi connectivity index (χ2v) is 8.52. The van der Waals surface area contributed by atoms with Crippen LogP contribution in [-0.4, -0.2) is 28.5 Å². The average Bonchev–Trinajstić information content (AvgIpc) is 3.42. The van der Waals surface area contributed by atoms with Crippen molar-refractivity contribution in [2.45, 2.75) is 46.5 Å². The molecule has 0 bridgehead atoms. The number of benzene rings is 2. The van der Waals surface area contributed by atoms with Crippen molar-refractivity contribution in [2.24, 2.45) is 5.92 Å². The molecule has 0 radical (unpaired) electrons. The molecule has 2 aromatic carbocycles. The fourth-order valence-corrected chi connectivity index (χ4v) is 3.86. The van der Waals surface area contributed by atoms with Crippen LogP contribution in [0.15, 0.2) is 47.0 Å². The third-order valence-electron chi connectivity index (χ3n) is 5.86. The van der Waals surface area contributed by atoms with E-state index in [-0.39, 0.29) is 24.2 Å². The highest BCUT2D eigenvalue weighted by Gasteiger charge is 2.35. The van der Waals surface area contributed by atoms with Gasteiger partial charge in [-0.05, 0) is 42.7 Å². The molecular formula is C25H28N4O3. The highest BCUT2D eigenvalue weighted by Crippen LogP contribution is 2.32. The van der Waals surface area contributed by atoms with Crippen molar-refractivity contribution in [3.8, 4) is 11.5 Å². The largest absolute Gasteiger partial charge is 0.334 e. The van der Waals surface area contributed by atoms with E-state index >= 15 is 0 Å². The summed E-state index contributed by atoms with van der Waals surface area (Å²) in [5.41, 5.74) is 4.23. The summed E-state index contributed by atoms with van der Waals surface area (Å²) < 4.78 is 5.45. The number of para-hydroxylation sites is 1. The zero-order valence-electron chi connectivity index (χ0n) is 18.9. The van der Waals surface area contributed by atoms with Gasteiger partial charge in [-0.3, -0.25) is 9.59 Å². The van der Waals surface area contributed by atoms with E-state index in [0.717, 1.165) is 17.7 Å². The molecule has 1 aliphatic heterocycles. The third-order valence-corrected chi connectivity index (χ3v) is 5.86. The standard InChI is InChI=1S/C25H28N4O3/c1-5-17-9-11-19(12-10-17)29-14-18(13-21(29)30)24(31)26-22-16(4)7-6-8-20(22)25-27-23(15(2)3)28-32-25/h6-12,15,18H,5,13-14H2,1-4H3,(H,26,31). The van der Waals surface area contributed by atoms with Crippen LogP contribution in [0.2, 0.25) is 0 Å². The number of carbonyl (C=O) groups is 2. The molecule has 1 fully saturated rings. The molecule has 0 spiro atoms. The molecule has 2 heterocycles. The summed E-state index contributed by atoms with van der Waals surface area (Å²) in [5, 5.41) is 7.06. The van der Waals surface area contributed by atoms with Crippen LogP contribution in [0.4, 0.5) is 11.4 Å². The van der Waals surface area contributed by atoms with Crippen molar-refractivity contribution in [3.63, 3.8) is 0 Å². The lowest BCUT2D eigenvalue weighted by Gasteiger charge is -2.18. The Kier molecular flexibility index (Phi) is 6.08. The third kappa shape index (κ3) is 4.28. The Bertz CT molecular complexity index is 1130. The minimum atomic E-state index is -0.435. The molecule has 3 aromatic rings. The first kappa shape index (κ1) is 21.7. The molecule has 7 nitrogen and oxygen atoms in total. The van der Waals surface area contributed by atoms with Crippen LogP contribution in [0, 0.1) is 12.8 Å². The Morgan fingerprint density at radius 1 is 1.22 bits per heavy atom. The molecule has 2 amide bonds. The monoisotopic (exact) mass is 432 g/mol. The lowest BCUT2D eigenvalue weighted by Crippen LogP contribution is -2.28. The number of nitrogens with one attached hydrogen (secondary N) is 1. The summed E-state index contributed by atoms with van der Waals surface area (Å²) in [4.78, 5) is 31.9. The number of nitrogens with zero attached hydrogens (tertiary/aromatic N) is 3. The minimum absolute atomic E-state index is 0.0436. The van der Waals surface area contributed by atoms with Crippen LogP contribution in [0.5, 0.6) is 0 Å². The predicted molar refractivity (Wildman–Crippen MR) is 123 cm³/mol. The molecule has 1 aliphatic rings. The Morgan fingerprint density at radius 2 is 1.97 bits per heavy atom. The smallest absolute Gasteiger partial charge is 0.260 e. The first-order chi connectivity index (χ1) is 15.4. The molecule has 7 heteroatoms. The normalized spacial score (nSPS) is 16.1. The number of hydrogen-bond donors (Lipinski definition) is 1. The molecule has 32 heavy (non-hydrogen) atoms. The van der Waals surface area contributed by atoms with Crippen LogP contribution in [0.3, 0.4) is 0 Å². The summed E-state index contributed by atoms with van der Waals surface area (Å²) in [6, 6.07) is 13.6. The lowest BCUT2D eigenvalue weighted by molar-refractivity contribution is -0.122. The van der Waals surface area contributed by atoms with Gasteiger partial charge >= 0.3 is 0 Å². The lowest BCUT2D eigenvalue weighted by atomic mass is 10.0. The van der Waals surface area contributed by atoms with E-state index in [1.165, 1.54) is 5.56 Å². The fraction of sp³-hybridized carbons (Fsp3) is 0.360. The predicted octanol–water partition coefficient (Wildman–Crippen LogP) is 4.72. The first-order valence-corrected chi connectivity index (χ1v) is 11.0. The van der Waals surface area contributed by atoms with Gasteiger partial charge in [0.1, 0.15) is 0 Å². The van der Waals surface area contributed by atoms with Gasteiger partial charge in [0, 0.05) is 24.6 Å². The highest BCUT2D eigenvalue weighted by atomic mass is 16.5. The molecule has 1 unspecified atom stereocenters. The second-order valence-electron chi connectivity index (χ2n) is 8.52. The number of anilines is 2. The van der Waals surface area contributed by atoms with Crippen molar-refractivity contribution in [1.82, 2.24) is 10.1 Å². The number of rotatable bonds is 6. The van der Waals surface area contributed by atoms with Crippen molar-refractivity contribution in [2.75, 3.05) is 16.8 Å². The van der Waals surface area contributed by atoms with Gasteiger partial charge in [0.25, 0.3) is 5.89 Å². The Hall–Kier alpha value is -3.48. The Morgan fingerprint density at radius 3 is 2.62 bits per heavy atom. The van der Waals surface area contributed by atoms with E-state index < -0.39 is 5.92 Å². The quantitative estimate of drug-likeness (QED) is 0.609. The van der Waals surface area contributed by atoms with Gasteiger partial charge < -0.3 is 14.7 Å². The maximum absolute atomic E-state index is 13.1. The maximum atomic E-state index is 13.1. The second kappa shape index (κ2) is 8.94. The first-order valence-electron chi connectivity index (χ1n) is 11.0. The SMILES string of the molecule is CCc1ccc(N2CC(C(=O)Nc3c(C)cccc3-c3nc(C(C)C)no3)CC2=O)cc1. The van der Waals surface area contributed by atoms with Crippen molar-refractivity contribution >= 4 is 23.2 Å². The number of amides is 2. The summed E-state index contributed by atoms with van der Waals surface area (Å²) in [6.45, 7) is 8.35. The zero-order chi connectivity index (χ0) is 22.8. The molecule has 4 rings (SSSR count). The van der Waals surface area contributed by atoms with E-state index in [9.17, 15) is 9.59 Å². The molecule has 0 saturated carbocycles. The Labute approximate surface area is 187 Å². The summed E-state index contributed by atoms with van der Waals surface area (Å²) in [5.74, 6) is 0.452. The van der Waals surface area contributed by atoms with Crippen LogP contribution >= 0.6 is 0 Å². The molecule has 0 aliphatic carbocycles. The van der Waals surface area contributed by atoms with Crippen molar-refractivity contribution < 1.29 is 14.1 Å². The minimum Gasteiger partial charge on any atom is -0.334 e. The van der Waals surface area contributed by atoms with Gasteiger partial charge in [-0.15, -0.1) is 0 Å². The summed E-state index contributed by atoms with van der Waals surface area (Å²) in [7, 11) is 0. The van der Waals surface area contributed by atoms with Gasteiger partial charge in [0.15, 0.2) is 5.82 Å². The van der Waals surface area contributed by atoms with Gasteiger partial charge in [-0.1, -0.05) is 50.2 Å². The summed E-state index contributed by atoms with van der Waals surface area (Å²) >= 11 is 0. The fourth-order valence-electron chi connectivity index (χ4n) is 3.86. The van der Waals surface area contributed by atoms with Crippen LogP contribution in [0.25, 0.3) is 11.5 Å². The van der Waals surface area contributed by atoms with E-state index in [2.05, 4.69) is 22.4 Å². The van der Waals surface area contributed by atoms with E-state index in [1.807, 2.05) is 63.2 Å². The van der Waals surface area contributed by atoms with Crippen LogP contribution < -0.4 is 10.2 Å². The van der Waals surface area contributed by atoms with Crippen LogP contribution in [0.1, 0.15) is 50.1 Å². The molecule has 1 atom stereocenters. The molecule has 1 aromatic heterocycles. The van der Waals surface area contributed by atoms with Crippen molar-refractivity contribution in [3.05, 3.63) is 59.4 Å². The van der Waals surface area contributed by atoms with Gasteiger partial charge in [-0.25, -0.2) is 0 Å². The number of carbonyl (C=O) groups excluding carboxylic acids is 2. The molecular weight excluding hydrogens is 404 g/mol. The zero-order valence-corrected chi connectivity index (χ0v) is 18.9. The van der Waals surface area contributed by atoms with E-state index in [4.69, 9.17) is 4.52 Å². The number of aromatic nitrogens is 2. The van der Waals surface area contributed by atoms with Crippen molar-refractivity contribution in [1.29, 1.82) is 0 Å². The topological polar surface area (TPSA) is 88.3 Å².